The van der Waals surface area contributed by atoms with E-state index in [4.69, 9.17) is 4.99 Å². The minimum Gasteiger partial charge on any atom is -0.357 e. The minimum atomic E-state index is -0.109. The van der Waals surface area contributed by atoms with E-state index >= 15 is 0 Å². The summed E-state index contributed by atoms with van der Waals surface area (Å²) < 4.78 is 14.0. The zero-order chi connectivity index (χ0) is 16.7. The van der Waals surface area contributed by atoms with E-state index in [0.29, 0.717) is 6.54 Å². The fourth-order valence-electron chi connectivity index (χ4n) is 2.65. The van der Waals surface area contributed by atoms with Gasteiger partial charge >= 0.3 is 0 Å². The standard InChI is InChI=1S/C18H29FN4/c1-4-20-17(21-12-13-23(3)5-2)22-14-18(10-11-18)15-8-6-7-9-16(15)19/h6-9H,4-5,10-14H2,1-3H3,(H2,20,21,22). The van der Waals surface area contributed by atoms with E-state index in [1.807, 2.05) is 12.1 Å². The van der Waals surface area contributed by atoms with Crippen molar-refractivity contribution in [2.75, 3.05) is 39.8 Å². The van der Waals surface area contributed by atoms with Crippen LogP contribution in [0, 0.1) is 5.82 Å². The molecule has 0 saturated heterocycles. The van der Waals surface area contributed by atoms with Gasteiger partial charge in [0.15, 0.2) is 5.96 Å². The van der Waals surface area contributed by atoms with Gasteiger partial charge in [0.1, 0.15) is 5.82 Å². The number of benzene rings is 1. The average Bonchev–Trinajstić information content (AvgIpc) is 3.33. The van der Waals surface area contributed by atoms with E-state index in [-0.39, 0.29) is 11.2 Å². The summed E-state index contributed by atoms with van der Waals surface area (Å²) in [5.41, 5.74) is 0.707. The summed E-state index contributed by atoms with van der Waals surface area (Å²) in [5, 5.41) is 6.62. The highest BCUT2D eigenvalue weighted by Gasteiger charge is 2.45. The number of rotatable bonds is 8. The first-order valence-corrected chi connectivity index (χ1v) is 8.57. The van der Waals surface area contributed by atoms with Crippen molar-refractivity contribution in [2.45, 2.75) is 32.1 Å². The Kier molecular flexibility index (Phi) is 6.39. The molecule has 0 radical (unpaired) electrons. The number of guanidine groups is 1. The second-order valence-electron chi connectivity index (χ2n) is 6.28. The van der Waals surface area contributed by atoms with E-state index in [9.17, 15) is 4.39 Å². The number of halogens is 1. The summed E-state index contributed by atoms with van der Waals surface area (Å²) in [6.07, 6.45) is 2.02. The summed E-state index contributed by atoms with van der Waals surface area (Å²) in [6, 6.07) is 7.10. The third kappa shape index (κ3) is 4.93. The number of nitrogens with one attached hydrogen (secondary N) is 2. The van der Waals surface area contributed by atoms with Crippen molar-refractivity contribution < 1.29 is 4.39 Å². The lowest BCUT2D eigenvalue weighted by molar-refractivity contribution is 0.357. The van der Waals surface area contributed by atoms with E-state index in [1.54, 1.807) is 12.1 Å². The second kappa shape index (κ2) is 8.29. The number of hydrogen-bond donors (Lipinski definition) is 2. The van der Waals surface area contributed by atoms with Gasteiger partial charge in [-0.25, -0.2) is 4.39 Å². The quantitative estimate of drug-likeness (QED) is 0.571. The Bertz CT molecular complexity index is 526. The van der Waals surface area contributed by atoms with Crippen LogP contribution < -0.4 is 10.6 Å². The predicted molar refractivity (Wildman–Crippen MR) is 94.5 cm³/mol. The molecule has 0 bridgehead atoms. The van der Waals surface area contributed by atoms with Gasteiger partial charge in [-0.1, -0.05) is 25.1 Å². The van der Waals surface area contributed by atoms with Crippen LogP contribution in [0.1, 0.15) is 32.3 Å². The number of nitrogens with zero attached hydrogens (tertiary/aromatic N) is 2. The summed E-state index contributed by atoms with van der Waals surface area (Å²) in [5.74, 6) is 0.711. The van der Waals surface area contributed by atoms with Gasteiger partial charge in [0, 0.05) is 25.0 Å². The maximum absolute atomic E-state index is 14.0. The van der Waals surface area contributed by atoms with Gasteiger partial charge in [0.05, 0.1) is 6.54 Å². The highest BCUT2D eigenvalue weighted by atomic mass is 19.1. The molecule has 0 aromatic heterocycles. The molecule has 1 aromatic rings. The lowest BCUT2D eigenvalue weighted by Crippen LogP contribution is -2.41. The summed E-state index contributed by atoms with van der Waals surface area (Å²) in [6.45, 7) is 8.51. The van der Waals surface area contributed by atoms with Gasteiger partial charge in [-0.2, -0.15) is 0 Å². The van der Waals surface area contributed by atoms with Crippen LogP contribution in [0.4, 0.5) is 4.39 Å². The third-order valence-electron chi connectivity index (χ3n) is 4.51. The van der Waals surface area contributed by atoms with Gasteiger partial charge in [0.25, 0.3) is 0 Å². The molecule has 5 heteroatoms. The summed E-state index contributed by atoms with van der Waals surface area (Å²) >= 11 is 0. The summed E-state index contributed by atoms with van der Waals surface area (Å²) in [4.78, 5) is 6.95. The fourth-order valence-corrected chi connectivity index (χ4v) is 2.65. The van der Waals surface area contributed by atoms with Crippen molar-refractivity contribution in [3.8, 4) is 0 Å². The molecule has 128 valence electrons. The van der Waals surface area contributed by atoms with Crippen LogP contribution in [0.5, 0.6) is 0 Å². The van der Waals surface area contributed by atoms with Crippen LogP contribution in [0.3, 0.4) is 0 Å². The number of likely N-dealkylation sites (N-methyl/N-ethyl adjacent to an activating group) is 1. The van der Waals surface area contributed by atoms with Gasteiger partial charge < -0.3 is 15.5 Å². The normalized spacial score (nSPS) is 16.5. The summed E-state index contributed by atoms with van der Waals surface area (Å²) in [7, 11) is 2.10. The number of hydrogen-bond acceptors (Lipinski definition) is 2. The highest BCUT2D eigenvalue weighted by Crippen LogP contribution is 2.49. The Balaban J connectivity index is 1.96. The maximum Gasteiger partial charge on any atom is 0.191 e. The van der Waals surface area contributed by atoms with E-state index < -0.39 is 0 Å². The molecule has 0 unspecified atom stereocenters. The van der Waals surface area contributed by atoms with Crippen molar-refractivity contribution >= 4 is 5.96 Å². The molecular weight excluding hydrogens is 291 g/mol. The molecule has 1 aromatic carbocycles. The lowest BCUT2D eigenvalue weighted by Gasteiger charge is -2.18. The van der Waals surface area contributed by atoms with Crippen molar-refractivity contribution in [1.29, 1.82) is 0 Å². The molecule has 2 N–H and O–H groups in total. The zero-order valence-corrected chi connectivity index (χ0v) is 14.5. The van der Waals surface area contributed by atoms with Crippen molar-refractivity contribution in [2.24, 2.45) is 4.99 Å². The van der Waals surface area contributed by atoms with Gasteiger partial charge in [-0.3, -0.25) is 4.99 Å². The van der Waals surface area contributed by atoms with Gasteiger partial charge in [0.2, 0.25) is 0 Å². The van der Waals surface area contributed by atoms with E-state index in [0.717, 1.165) is 50.5 Å². The smallest absolute Gasteiger partial charge is 0.191 e. The lowest BCUT2D eigenvalue weighted by atomic mass is 9.95. The largest absolute Gasteiger partial charge is 0.357 e. The van der Waals surface area contributed by atoms with Gasteiger partial charge in [-0.05, 0) is 45.0 Å². The molecule has 0 atom stereocenters. The Morgan fingerprint density at radius 1 is 1.26 bits per heavy atom. The predicted octanol–water partition coefficient (Wildman–Crippen LogP) is 2.36. The Labute approximate surface area is 139 Å². The molecule has 2 rings (SSSR count). The zero-order valence-electron chi connectivity index (χ0n) is 14.5. The highest BCUT2D eigenvalue weighted by molar-refractivity contribution is 5.79. The molecule has 1 saturated carbocycles. The van der Waals surface area contributed by atoms with Crippen LogP contribution in [-0.2, 0) is 5.41 Å². The maximum atomic E-state index is 14.0. The molecule has 0 aliphatic heterocycles. The first kappa shape index (κ1) is 17.7. The molecule has 4 nitrogen and oxygen atoms in total. The SMILES string of the molecule is CCNC(=NCC1(c2ccccc2F)CC1)NCCN(C)CC. The van der Waals surface area contributed by atoms with Crippen molar-refractivity contribution in [3.05, 3.63) is 35.6 Å². The molecule has 1 aliphatic carbocycles. The van der Waals surface area contributed by atoms with Crippen LogP contribution in [0.25, 0.3) is 0 Å². The van der Waals surface area contributed by atoms with E-state index in [1.165, 1.54) is 0 Å². The molecule has 1 fully saturated rings. The van der Waals surface area contributed by atoms with Crippen LogP contribution in [0.15, 0.2) is 29.3 Å². The van der Waals surface area contributed by atoms with Gasteiger partial charge in [-0.15, -0.1) is 0 Å². The molecular formula is C18H29FN4. The monoisotopic (exact) mass is 320 g/mol. The van der Waals surface area contributed by atoms with Crippen molar-refractivity contribution in [3.63, 3.8) is 0 Å². The molecule has 0 spiro atoms. The molecule has 0 heterocycles. The first-order valence-electron chi connectivity index (χ1n) is 8.57. The second-order valence-corrected chi connectivity index (χ2v) is 6.28. The third-order valence-corrected chi connectivity index (χ3v) is 4.51. The molecule has 1 aliphatic rings. The molecule has 23 heavy (non-hydrogen) atoms. The van der Waals surface area contributed by atoms with E-state index in [2.05, 4.69) is 36.4 Å². The van der Waals surface area contributed by atoms with Crippen molar-refractivity contribution in [1.82, 2.24) is 15.5 Å². The first-order chi connectivity index (χ1) is 11.1. The number of aliphatic imine (C=N–C) groups is 1. The Hall–Kier alpha value is -1.62. The van der Waals surface area contributed by atoms with Crippen LogP contribution in [0.2, 0.25) is 0 Å². The Morgan fingerprint density at radius 2 is 2.00 bits per heavy atom. The van der Waals surface area contributed by atoms with Crippen LogP contribution in [-0.4, -0.2) is 50.6 Å². The van der Waals surface area contributed by atoms with Crippen LogP contribution >= 0.6 is 0 Å². The topological polar surface area (TPSA) is 39.7 Å². The fraction of sp³-hybridized carbons (Fsp3) is 0.611. The Morgan fingerprint density at radius 3 is 2.61 bits per heavy atom. The minimum absolute atomic E-state index is 0.103. The average molecular weight is 320 g/mol. The molecule has 0 amide bonds.